The number of ether oxygens (including phenoxy) is 1. The first-order valence-corrected chi connectivity index (χ1v) is 9.03. The van der Waals surface area contributed by atoms with E-state index in [0.717, 1.165) is 37.0 Å². The predicted octanol–water partition coefficient (Wildman–Crippen LogP) is 5.27. The van der Waals surface area contributed by atoms with Gasteiger partial charge in [0.15, 0.2) is 0 Å². The van der Waals surface area contributed by atoms with E-state index in [2.05, 4.69) is 13.5 Å². The lowest BCUT2D eigenvalue weighted by molar-refractivity contribution is -0.151. The SMILES string of the molecule is C=CCCC(=O)O[C@H]1CC[C@H]([C@H]2CC[C@H](CC)CC2)CC1. The molecule has 21 heavy (non-hydrogen) atoms. The van der Waals surface area contributed by atoms with Crippen molar-refractivity contribution in [2.24, 2.45) is 17.8 Å². The van der Waals surface area contributed by atoms with E-state index in [-0.39, 0.29) is 12.1 Å². The first-order chi connectivity index (χ1) is 10.2. The van der Waals surface area contributed by atoms with Crippen LogP contribution in [0.3, 0.4) is 0 Å². The maximum atomic E-state index is 11.7. The molecule has 2 nitrogen and oxygen atoms in total. The fraction of sp³-hybridized carbons (Fsp3) is 0.842. The number of hydrogen-bond donors (Lipinski definition) is 0. The second kappa shape index (κ2) is 8.60. The molecule has 2 aliphatic carbocycles. The highest BCUT2D eigenvalue weighted by Gasteiger charge is 2.31. The molecule has 2 saturated carbocycles. The predicted molar refractivity (Wildman–Crippen MR) is 87.0 cm³/mol. The van der Waals surface area contributed by atoms with Crippen molar-refractivity contribution in [1.82, 2.24) is 0 Å². The minimum absolute atomic E-state index is 0.0400. The molecule has 0 aromatic carbocycles. The lowest BCUT2D eigenvalue weighted by atomic mass is 9.70. The zero-order valence-electron chi connectivity index (χ0n) is 13.7. The van der Waals surface area contributed by atoms with Gasteiger partial charge in [-0.3, -0.25) is 4.79 Å². The number of hydrogen-bond acceptors (Lipinski definition) is 2. The van der Waals surface area contributed by atoms with Crippen LogP contribution in [0.25, 0.3) is 0 Å². The van der Waals surface area contributed by atoms with E-state index in [1.807, 2.05) is 0 Å². The summed E-state index contributed by atoms with van der Waals surface area (Å²) in [5.41, 5.74) is 0. The van der Waals surface area contributed by atoms with Crippen LogP contribution in [0.2, 0.25) is 0 Å². The third-order valence-corrected chi connectivity index (χ3v) is 5.70. The topological polar surface area (TPSA) is 26.3 Å². The van der Waals surface area contributed by atoms with Crippen LogP contribution < -0.4 is 0 Å². The highest BCUT2D eigenvalue weighted by molar-refractivity contribution is 5.69. The van der Waals surface area contributed by atoms with Crippen molar-refractivity contribution in [2.45, 2.75) is 83.7 Å². The van der Waals surface area contributed by atoms with Gasteiger partial charge in [-0.2, -0.15) is 0 Å². The third-order valence-electron chi connectivity index (χ3n) is 5.70. The molecular weight excluding hydrogens is 260 g/mol. The van der Waals surface area contributed by atoms with Gasteiger partial charge in [0.25, 0.3) is 0 Å². The van der Waals surface area contributed by atoms with Gasteiger partial charge in [-0.1, -0.05) is 32.3 Å². The Balaban J connectivity index is 1.66. The number of rotatable bonds is 6. The highest BCUT2D eigenvalue weighted by Crippen LogP contribution is 2.41. The summed E-state index contributed by atoms with van der Waals surface area (Å²) < 4.78 is 5.58. The summed E-state index contributed by atoms with van der Waals surface area (Å²) in [6, 6.07) is 0. The number of carbonyl (C=O) groups is 1. The Kier molecular flexibility index (Phi) is 6.79. The van der Waals surface area contributed by atoms with Gasteiger partial charge >= 0.3 is 5.97 Å². The lowest BCUT2D eigenvalue weighted by Crippen LogP contribution is -2.29. The zero-order valence-corrected chi connectivity index (χ0v) is 13.7. The van der Waals surface area contributed by atoms with Gasteiger partial charge in [0, 0.05) is 6.42 Å². The summed E-state index contributed by atoms with van der Waals surface area (Å²) in [4.78, 5) is 11.7. The van der Waals surface area contributed by atoms with Crippen molar-refractivity contribution < 1.29 is 9.53 Å². The monoisotopic (exact) mass is 292 g/mol. The Labute approximate surface area is 130 Å². The van der Waals surface area contributed by atoms with Crippen LogP contribution in [0.4, 0.5) is 0 Å². The normalized spacial score (nSPS) is 33.4. The molecule has 2 rings (SSSR count). The van der Waals surface area contributed by atoms with Crippen molar-refractivity contribution in [3.8, 4) is 0 Å². The molecule has 0 heterocycles. The molecule has 0 aromatic heterocycles. The fourth-order valence-electron chi connectivity index (χ4n) is 4.21. The molecule has 120 valence electrons. The number of carbonyl (C=O) groups excluding carboxylic acids is 1. The van der Waals surface area contributed by atoms with Crippen LogP contribution in [-0.2, 0) is 9.53 Å². The van der Waals surface area contributed by atoms with Crippen LogP contribution in [0.5, 0.6) is 0 Å². The molecule has 2 aliphatic rings. The number of allylic oxidation sites excluding steroid dienone is 1. The van der Waals surface area contributed by atoms with Crippen LogP contribution in [0.15, 0.2) is 12.7 Å². The summed E-state index contributed by atoms with van der Waals surface area (Å²) >= 11 is 0. The standard InChI is InChI=1S/C19H32O2/c1-3-5-6-19(20)21-18-13-11-17(12-14-18)16-9-7-15(4-2)8-10-16/h3,15-18H,1,4-14H2,2H3/t15-,16-,17-,18-. The molecule has 0 atom stereocenters. The molecule has 0 N–H and O–H groups in total. The Morgan fingerprint density at radius 2 is 1.62 bits per heavy atom. The first kappa shape index (κ1) is 16.6. The largest absolute Gasteiger partial charge is 0.462 e. The minimum Gasteiger partial charge on any atom is -0.462 e. The van der Waals surface area contributed by atoms with E-state index >= 15 is 0 Å². The van der Waals surface area contributed by atoms with Crippen molar-refractivity contribution in [3.05, 3.63) is 12.7 Å². The Morgan fingerprint density at radius 1 is 1.05 bits per heavy atom. The Hall–Kier alpha value is -0.790. The quantitative estimate of drug-likeness (QED) is 0.492. The van der Waals surface area contributed by atoms with E-state index in [1.54, 1.807) is 6.08 Å². The second-order valence-corrected chi connectivity index (χ2v) is 7.04. The van der Waals surface area contributed by atoms with Gasteiger partial charge in [-0.25, -0.2) is 0 Å². The van der Waals surface area contributed by atoms with E-state index in [9.17, 15) is 4.79 Å². The van der Waals surface area contributed by atoms with Crippen LogP contribution in [0.1, 0.15) is 77.6 Å². The van der Waals surface area contributed by atoms with Gasteiger partial charge in [0.1, 0.15) is 6.10 Å². The van der Waals surface area contributed by atoms with Crippen molar-refractivity contribution >= 4 is 5.97 Å². The maximum Gasteiger partial charge on any atom is 0.306 e. The summed E-state index contributed by atoms with van der Waals surface area (Å²) in [7, 11) is 0. The molecule has 0 unspecified atom stereocenters. The Bertz CT molecular complexity index is 320. The van der Waals surface area contributed by atoms with E-state index in [0.29, 0.717) is 6.42 Å². The molecule has 0 saturated heterocycles. The molecular formula is C19H32O2. The molecule has 0 bridgehead atoms. The summed E-state index contributed by atoms with van der Waals surface area (Å²) in [6.45, 7) is 5.98. The van der Waals surface area contributed by atoms with Crippen molar-refractivity contribution in [3.63, 3.8) is 0 Å². The van der Waals surface area contributed by atoms with Crippen LogP contribution in [0, 0.1) is 17.8 Å². The summed E-state index contributed by atoms with van der Waals surface area (Å²) in [5.74, 6) is 2.79. The van der Waals surface area contributed by atoms with E-state index < -0.39 is 0 Å². The second-order valence-electron chi connectivity index (χ2n) is 7.04. The molecule has 0 aromatic rings. The number of esters is 1. The van der Waals surface area contributed by atoms with Crippen LogP contribution in [-0.4, -0.2) is 12.1 Å². The molecule has 2 fully saturated rings. The first-order valence-electron chi connectivity index (χ1n) is 9.03. The molecule has 0 amide bonds. The third kappa shape index (κ3) is 5.16. The molecule has 0 aliphatic heterocycles. The van der Waals surface area contributed by atoms with Gasteiger partial charge in [-0.05, 0) is 62.7 Å². The Morgan fingerprint density at radius 3 is 2.14 bits per heavy atom. The lowest BCUT2D eigenvalue weighted by Gasteiger charge is -2.37. The average molecular weight is 292 g/mol. The van der Waals surface area contributed by atoms with Gasteiger partial charge in [-0.15, -0.1) is 6.58 Å². The van der Waals surface area contributed by atoms with Crippen LogP contribution >= 0.6 is 0 Å². The van der Waals surface area contributed by atoms with Gasteiger partial charge in [0.2, 0.25) is 0 Å². The summed E-state index contributed by atoms with van der Waals surface area (Å²) in [6.07, 6.45) is 15.0. The van der Waals surface area contributed by atoms with Gasteiger partial charge < -0.3 is 4.74 Å². The zero-order chi connectivity index (χ0) is 15.1. The maximum absolute atomic E-state index is 11.7. The summed E-state index contributed by atoms with van der Waals surface area (Å²) in [5, 5.41) is 0. The smallest absolute Gasteiger partial charge is 0.306 e. The molecule has 0 spiro atoms. The van der Waals surface area contributed by atoms with Crippen molar-refractivity contribution in [1.29, 1.82) is 0 Å². The fourth-order valence-corrected chi connectivity index (χ4v) is 4.21. The van der Waals surface area contributed by atoms with Crippen molar-refractivity contribution in [2.75, 3.05) is 0 Å². The molecule has 2 heteroatoms. The molecule has 0 radical (unpaired) electrons. The highest BCUT2D eigenvalue weighted by atomic mass is 16.5. The van der Waals surface area contributed by atoms with E-state index in [4.69, 9.17) is 4.74 Å². The van der Waals surface area contributed by atoms with Gasteiger partial charge in [0.05, 0.1) is 0 Å². The average Bonchev–Trinajstić information content (AvgIpc) is 2.54. The van der Waals surface area contributed by atoms with E-state index in [1.165, 1.54) is 44.9 Å². The minimum atomic E-state index is -0.0400.